The van der Waals surface area contributed by atoms with Crippen molar-refractivity contribution in [2.75, 3.05) is 13.1 Å². The summed E-state index contributed by atoms with van der Waals surface area (Å²) < 4.78 is 6.15. The second-order valence-electron chi connectivity index (χ2n) is 7.87. The minimum atomic E-state index is -0.327. The Morgan fingerprint density at radius 3 is 2.25 bits per heavy atom. The summed E-state index contributed by atoms with van der Waals surface area (Å²) in [4.78, 5) is 13.3. The van der Waals surface area contributed by atoms with Crippen molar-refractivity contribution >= 4 is 5.78 Å². The molecular formula is C17H31NO2. The summed E-state index contributed by atoms with van der Waals surface area (Å²) in [5.74, 6) is 0.513. The van der Waals surface area contributed by atoms with E-state index in [0.717, 1.165) is 45.2 Å². The van der Waals surface area contributed by atoms with Crippen LogP contribution in [-0.2, 0) is 9.53 Å². The molecule has 0 aromatic heterocycles. The van der Waals surface area contributed by atoms with E-state index in [-0.39, 0.29) is 22.5 Å². The Morgan fingerprint density at radius 1 is 1.20 bits per heavy atom. The third-order valence-electron chi connectivity index (χ3n) is 5.20. The van der Waals surface area contributed by atoms with Crippen molar-refractivity contribution in [3.05, 3.63) is 0 Å². The third-order valence-corrected chi connectivity index (χ3v) is 5.20. The van der Waals surface area contributed by atoms with Crippen LogP contribution in [0.2, 0.25) is 0 Å². The normalized spacial score (nSPS) is 31.1. The van der Waals surface area contributed by atoms with Gasteiger partial charge in [0.25, 0.3) is 0 Å². The molecule has 2 saturated heterocycles. The molecule has 0 aromatic rings. The van der Waals surface area contributed by atoms with Crippen LogP contribution in [-0.4, -0.2) is 30.1 Å². The number of rotatable bonds is 4. The van der Waals surface area contributed by atoms with Crippen molar-refractivity contribution in [2.45, 2.75) is 77.9 Å². The van der Waals surface area contributed by atoms with E-state index < -0.39 is 0 Å². The Bertz CT molecular complexity index is 362. The first-order chi connectivity index (χ1) is 9.22. The van der Waals surface area contributed by atoms with Crippen LogP contribution in [0.25, 0.3) is 0 Å². The highest BCUT2D eigenvalue weighted by Crippen LogP contribution is 2.48. The van der Waals surface area contributed by atoms with Gasteiger partial charge in [-0.25, -0.2) is 0 Å². The molecule has 0 aromatic carbocycles. The predicted molar refractivity (Wildman–Crippen MR) is 81.8 cm³/mol. The van der Waals surface area contributed by atoms with E-state index in [2.05, 4.69) is 39.9 Å². The van der Waals surface area contributed by atoms with Gasteiger partial charge in [-0.3, -0.25) is 4.79 Å². The standard InChI is InChI=1S/C17H31NO2/c1-6-7-17(8-10-18-11-9-17)14(19)13-12-15(2,3)20-16(13,4)5/h13,18H,6-12H2,1-5H3. The second kappa shape index (κ2) is 5.42. The zero-order chi connectivity index (χ0) is 15.0. The lowest BCUT2D eigenvalue weighted by Gasteiger charge is -2.40. The van der Waals surface area contributed by atoms with Crippen molar-refractivity contribution < 1.29 is 9.53 Å². The van der Waals surface area contributed by atoms with Gasteiger partial charge in [-0.15, -0.1) is 0 Å². The highest BCUT2D eigenvalue weighted by atomic mass is 16.5. The fourth-order valence-electron chi connectivity index (χ4n) is 4.34. The highest BCUT2D eigenvalue weighted by molar-refractivity contribution is 5.88. The van der Waals surface area contributed by atoms with E-state index >= 15 is 0 Å². The molecule has 3 heteroatoms. The number of hydrogen-bond donors (Lipinski definition) is 1. The number of ketones is 1. The van der Waals surface area contributed by atoms with Crippen LogP contribution >= 0.6 is 0 Å². The maximum atomic E-state index is 13.3. The van der Waals surface area contributed by atoms with Gasteiger partial charge < -0.3 is 10.1 Å². The monoisotopic (exact) mass is 281 g/mol. The zero-order valence-corrected chi connectivity index (χ0v) is 13.8. The van der Waals surface area contributed by atoms with Crippen molar-refractivity contribution in [1.29, 1.82) is 0 Å². The van der Waals surface area contributed by atoms with Gasteiger partial charge in [0.2, 0.25) is 0 Å². The maximum Gasteiger partial charge on any atom is 0.145 e. The van der Waals surface area contributed by atoms with Crippen LogP contribution in [0.5, 0.6) is 0 Å². The van der Waals surface area contributed by atoms with Crippen molar-refractivity contribution in [1.82, 2.24) is 5.32 Å². The number of Topliss-reactive ketones (excluding diaryl/α,β-unsaturated/α-hetero) is 1. The molecule has 0 spiro atoms. The van der Waals surface area contributed by atoms with Gasteiger partial charge >= 0.3 is 0 Å². The van der Waals surface area contributed by atoms with Gasteiger partial charge in [0.15, 0.2) is 0 Å². The van der Waals surface area contributed by atoms with Gasteiger partial charge in [0.05, 0.1) is 11.2 Å². The van der Waals surface area contributed by atoms with Crippen LogP contribution in [0.4, 0.5) is 0 Å². The molecule has 20 heavy (non-hydrogen) atoms. The lowest BCUT2D eigenvalue weighted by Crippen LogP contribution is -2.48. The summed E-state index contributed by atoms with van der Waals surface area (Å²) in [6, 6.07) is 0. The van der Waals surface area contributed by atoms with Crippen LogP contribution in [0.3, 0.4) is 0 Å². The van der Waals surface area contributed by atoms with Crippen molar-refractivity contribution in [3.8, 4) is 0 Å². The number of carbonyl (C=O) groups is 1. The first kappa shape index (κ1) is 16.0. The molecule has 2 aliphatic heterocycles. The van der Waals surface area contributed by atoms with Crippen LogP contribution in [0, 0.1) is 11.3 Å². The molecule has 1 atom stereocenters. The van der Waals surface area contributed by atoms with E-state index in [0.29, 0.717) is 5.78 Å². The van der Waals surface area contributed by atoms with Gasteiger partial charge in [0.1, 0.15) is 5.78 Å². The molecule has 1 N–H and O–H groups in total. The summed E-state index contributed by atoms with van der Waals surface area (Å²) in [7, 11) is 0. The largest absolute Gasteiger partial charge is 0.369 e. The minimum Gasteiger partial charge on any atom is -0.369 e. The highest BCUT2D eigenvalue weighted by Gasteiger charge is 2.54. The van der Waals surface area contributed by atoms with Gasteiger partial charge in [-0.05, 0) is 66.5 Å². The summed E-state index contributed by atoms with van der Waals surface area (Å²) in [6.45, 7) is 12.5. The number of piperidine rings is 1. The van der Waals surface area contributed by atoms with Gasteiger partial charge in [-0.2, -0.15) is 0 Å². The smallest absolute Gasteiger partial charge is 0.145 e. The fourth-order valence-corrected chi connectivity index (χ4v) is 4.34. The van der Waals surface area contributed by atoms with Crippen LogP contribution in [0.1, 0.15) is 66.7 Å². The average molecular weight is 281 g/mol. The lowest BCUT2D eigenvalue weighted by atomic mass is 9.65. The molecule has 1 unspecified atom stereocenters. The van der Waals surface area contributed by atoms with Crippen LogP contribution in [0.15, 0.2) is 0 Å². The number of carbonyl (C=O) groups excluding carboxylic acids is 1. The van der Waals surface area contributed by atoms with E-state index in [1.165, 1.54) is 0 Å². The van der Waals surface area contributed by atoms with Crippen molar-refractivity contribution in [3.63, 3.8) is 0 Å². The number of nitrogens with one attached hydrogen (secondary N) is 1. The van der Waals surface area contributed by atoms with E-state index in [4.69, 9.17) is 4.74 Å². The first-order valence-corrected chi connectivity index (χ1v) is 8.18. The second-order valence-corrected chi connectivity index (χ2v) is 7.87. The summed E-state index contributed by atoms with van der Waals surface area (Å²) >= 11 is 0. The quantitative estimate of drug-likeness (QED) is 0.859. The van der Waals surface area contributed by atoms with Gasteiger partial charge in [-0.1, -0.05) is 13.3 Å². The maximum absolute atomic E-state index is 13.3. The topological polar surface area (TPSA) is 38.3 Å². The third kappa shape index (κ3) is 2.94. The minimum absolute atomic E-state index is 0.0437. The predicted octanol–water partition coefficient (Wildman–Crippen LogP) is 3.32. The Kier molecular flexibility index (Phi) is 4.32. The van der Waals surface area contributed by atoms with Crippen LogP contribution < -0.4 is 5.32 Å². The lowest BCUT2D eigenvalue weighted by molar-refractivity contribution is -0.141. The molecule has 2 rings (SSSR count). The molecule has 2 aliphatic rings. The van der Waals surface area contributed by atoms with Crippen molar-refractivity contribution in [2.24, 2.45) is 11.3 Å². The Balaban J connectivity index is 2.23. The summed E-state index contributed by atoms with van der Waals surface area (Å²) in [5.41, 5.74) is -0.609. The fraction of sp³-hybridized carbons (Fsp3) is 0.941. The van der Waals surface area contributed by atoms with Gasteiger partial charge in [0, 0.05) is 11.3 Å². The SMILES string of the molecule is CCCC1(C(=O)C2CC(C)(C)OC2(C)C)CCNCC1. The average Bonchev–Trinajstić information content (AvgIpc) is 2.58. The first-order valence-electron chi connectivity index (χ1n) is 8.18. The summed E-state index contributed by atoms with van der Waals surface area (Å²) in [5, 5.41) is 3.40. The molecule has 0 radical (unpaired) electrons. The Morgan fingerprint density at radius 2 is 1.80 bits per heavy atom. The Hall–Kier alpha value is -0.410. The molecule has 0 saturated carbocycles. The van der Waals surface area contributed by atoms with E-state index in [9.17, 15) is 4.79 Å². The number of ether oxygens (including phenoxy) is 1. The summed E-state index contributed by atoms with van der Waals surface area (Å²) in [6.07, 6.45) is 4.96. The molecule has 2 fully saturated rings. The number of hydrogen-bond acceptors (Lipinski definition) is 3. The molecule has 116 valence electrons. The molecule has 3 nitrogen and oxygen atoms in total. The molecule has 2 heterocycles. The molecular weight excluding hydrogens is 250 g/mol. The van der Waals surface area contributed by atoms with E-state index in [1.54, 1.807) is 0 Å². The van der Waals surface area contributed by atoms with E-state index in [1.807, 2.05) is 0 Å². The molecule has 0 bridgehead atoms. The Labute approximate surface area is 123 Å². The molecule has 0 amide bonds. The zero-order valence-electron chi connectivity index (χ0n) is 13.8. The molecule has 0 aliphatic carbocycles.